The minimum atomic E-state index is -4.63. The topological polar surface area (TPSA) is 111 Å². The van der Waals surface area contributed by atoms with Crippen LogP contribution in [0.2, 0.25) is 0 Å². The van der Waals surface area contributed by atoms with E-state index in [1.165, 1.54) is 347 Å². The number of hydrogen-bond donors (Lipinski definition) is 0. The van der Waals surface area contributed by atoms with Crippen LogP contribution in [0.3, 0.4) is 0 Å². The van der Waals surface area contributed by atoms with E-state index >= 15 is 0 Å². The first-order valence-corrected chi connectivity index (χ1v) is 39.2. The van der Waals surface area contributed by atoms with Crippen LogP contribution in [-0.2, 0) is 32.7 Å². The van der Waals surface area contributed by atoms with Gasteiger partial charge in [0.25, 0.3) is 7.82 Å². The van der Waals surface area contributed by atoms with E-state index in [1.54, 1.807) is 0 Å². The lowest BCUT2D eigenvalue weighted by Gasteiger charge is -2.28. The number of esters is 2. The summed E-state index contributed by atoms with van der Waals surface area (Å²) in [7, 11) is 1.20. The number of phosphoric ester groups is 1. The quantitative estimate of drug-likeness (QED) is 0.0256. The molecule has 0 aromatic heterocycles. The molecule has 0 aromatic carbocycles. The number of likely N-dealkylation sites (N-methyl/N-ethyl adjacent to an activating group) is 1. The summed E-state index contributed by atoms with van der Waals surface area (Å²) in [6.07, 6.45) is 80.9. The second kappa shape index (κ2) is 66.4. The molecule has 0 N–H and O–H groups in total. The van der Waals surface area contributed by atoms with Gasteiger partial charge < -0.3 is 27.9 Å². The van der Waals surface area contributed by atoms with Crippen LogP contribution < -0.4 is 4.89 Å². The molecule has 0 saturated heterocycles. The van der Waals surface area contributed by atoms with Gasteiger partial charge in [0.1, 0.15) is 19.8 Å². The van der Waals surface area contributed by atoms with Crippen molar-refractivity contribution in [1.82, 2.24) is 0 Å². The van der Waals surface area contributed by atoms with Gasteiger partial charge in [-0.05, 0) is 12.8 Å². The summed E-state index contributed by atoms with van der Waals surface area (Å²) >= 11 is 0. The van der Waals surface area contributed by atoms with Crippen molar-refractivity contribution in [2.45, 2.75) is 418 Å². The molecular weight excluding hydrogens is 1060 g/mol. The highest BCUT2D eigenvalue weighted by Crippen LogP contribution is 2.38. The van der Waals surface area contributed by atoms with Gasteiger partial charge in [-0.3, -0.25) is 14.2 Å². The maximum absolute atomic E-state index is 12.9. The van der Waals surface area contributed by atoms with Gasteiger partial charge in [0, 0.05) is 12.8 Å². The first-order valence-electron chi connectivity index (χ1n) is 37.7. The Morgan fingerprint density at radius 1 is 0.321 bits per heavy atom. The van der Waals surface area contributed by atoms with E-state index in [4.69, 9.17) is 18.5 Å². The Balaban J connectivity index is 3.84. The lowest BCUT2D eigenvalue weighted by atomic mass is 10.0. The van der Waals surface area contributed by atoms with Crippen molar-refractivity contribution < 1.29 is 42.1 Å². The van der Waals surface area contributed by atoms with Gasteiger partial charge in [-0.1, -0.05) is 386 Å². The largest absolute Gasteiger partial charge is 0.756 e. The first kappa shape index (κ1) is 83.0. The van der Waals surface area contributed by atoms with Gasteiger partial charge in [0.05, 0.1) is 27.7 Å². The number of quaternary nitrogens is 1. The minimum absolute atomic E-state index is 0.0248. The smallest absolute Gasteiger partial charge is 0.306 e. The molecule has 0 bridgehead atoms. The number of carbonyl (C=O) groups excluding carboxylic acids is 2. The van der Waals surface area contributed by atoms with E-state index in [2.05, 4.69) is 13.8 Å². The minimum Gasteiger partial charge on any atom is -0.756 e. The SMILES string of the molecule is CCCCCCCCCCCCCCCCCCCCCCCCCCCCCCCCCCCCCCCCCCC(=O)OC(COC(=O)CCCCCCCCCCCCCCCCCCCCCC)COP(=O)([O-])OCC[N+](C)(C)C. The third-order valence-electron chi connectivity index (χ3n) is 17.6. The Morgan fingerprint density at radius 3 is 0.762 bits per heavy atom. The van der Waals surface area contributed by atoms with Crippen LogP contribution >= 0.6 is 7.82 Å². The molecule has 0 heterocycles. The van der Waals surface area contributed by atoms with Crippen molar-refractivity contribution in [2.24, 2.45) is 0 Å². The van der Waals surface area contributed by atoms with Crippen LogP contribution in [-0.4, -0.2) is 70.0 Å². The molecule has 0 fully saturated rings. The normalized spacial score (nSPS) is 13.0. The van der Waals surface area contributed by atoms with Gasteiger partial charge in [0.15, 0.2) is 6.10 Å². The molecule has 0 rings (SSSR count). The van der Waals surface area contributed by atoms with Crippen molar-refractivity contribution in [1.29, 1.82) is 0 Å². The molecule has 84 heavy (non-hydrogen) atoms. The monoisotopic (exact) mass is 1210 g/mol. The second-order valence-corrected chi connectivity index (χ2v) is 28.8. The lowest BCUT2D eigenvalue weighted by molar-refractivity contribution is -0.870. The van der Waals surface area contributed by atoms with Gasteiger partial charge in [-0.25, -0.2) is 0 Å². The molecule has 0 aromatic rings. The average Bonchev–Trinajstić information content (AvgIpc) is 3.61. The summed E-state index contributed by atoms with van der Waals surface area (Å²) in [5, 5.41) is 0. The standard InChI is InChI=1S/C74H148NO8P/c1-6-8-10-12-14-16-18-20-22-24-26-28-29-30-31-32-33-34-35-36-37-38-39-40-41-42-43-44-45-46-47-49-51-53-55-57-59-61-63-65-67-74(77)83-72(71-82-84(78,79)81-69-68-75(3,4)5)70-80-73(76)66-64-62-60-58-56-54-52-50-48-27-25-23-21-19-17-15-13-11-9-7-2/h72H,6-71H2,1-5H3. The van der Waals surface area contributed by atoms with Gasteiger partial charge in [0.2, 0.25) is 0 Å². The zero-order valence-electron chi connectivity index (χ0n) is 57.4. The number of phosphoric acid groups is 1. The maximum Gasteiger partial charge on any atom is 0.306 e. The fraction of sp³-hybridized carbons (Fsp3) is 0.973. The first-order chi connectivity index (χ1) is 41.0. The summed E-state index contributed by atoms with van der Waals surface area (Å²) in [6, 6.07) is 0. The summed E-state index contributed by atoms with van der Waals surface area (Å²) in [5.74, 6) is -0.804. The molecule has 0 aliphatic carbocycles. The van der Waals surface area contributed by atoms with E-state index in [0.717, 1.165) is 32.1 Å². The Bertz CT molecular complexity index is 1370. The van der Waals surface area contributed by atoms with Crippen molar-refractivity contribution in [3.63, 3.8) is 0 Å². The molecule has 0 amide bonds. The highest BCUT2D eigenvalue weighted by molar-refractivity contribution is 7.45. The molecule has 2 unspecified atom stereocenters. The molecular formula is C74H148NO8P. The molecule has 0 radical (unpaired) electrons. The van der Waals surface area contributed by atoms with Crippen molar-refractivity contribution in [3.05, 3.63) is 0 Å². The van der Waals surface area contributed by atoms with Gasteiger partial charge >= 0.3 is 11.9 Å². The van der Waals surface area contributed by atoms with Crippen molar-refractivity contribution in [3.8, 4) is 0 Å². The summed E-state index contributed by atoms with van der Waals surface area (Å²) in [6.45, 7) is 4.34. The predicted molar refractivity (Wildman–Crippen MR) is 361 cm³/mol. The average molecular weight is 1210 g/mol. The lowest BCUT2D eigenvalue weighted by Crippen LogP contribution is -2.37. The third kappa shape index (κ3) is 70.1. The van der Waals surface area contributed by atoms with Crippen LogP contribution in [0, 0.1) is 0 Å². The van der Waals surface area contributed by atoms with Crippen LogP contribution in [0.4, 0.5) is 0 Å². The molecule has 9 nitrogen and oxygen atoms in total. The fourth-order valence-electron chi connectivity index (χ4n) is 11.8. The molecule has 0 spiro atoms. The number of carbonyl (C=O) groups is 2. The number of rotatable bonds is 72. The van der Waals surface area contributed by atoms with Crippen LogP contribution in [0.1, 0.15) is 412 Å². The maximum atomic E-state index is 12.9. The van der Waals surface area contributed by atoms with E-state index in [-0.39, 0.29) is 32.0 Å². The highest BCUT2D eigenvalue weighted by atomic mass is 31.2. The molecule has 0 aliphatic rings. The van der Waals surface area contributed by atoms with Crippen molar-refractivity contribution in [2.75, 3.05) is 47.5 Å². The molecule has 0 aliphatic heterocycles. The van der Waals surface area contributed by atoms with Gasteiger partial charge in [-0.15, -0.1) is 0 Å². The van der Waals surface area contributed by atoms with E-state index in [0.29, 0.717) is 17.4 Å². The Morgan fingerprint density at radius 2 is 0.536 bits per heavy atom. The molecule has 502 valence electrons. The zero-order valence-corrected chi connectivity index (χ0v) is 58.3. The van der Waals surface area contributed by atoms with E-state index in [9.17, 15) is 19.0 Å². The Labute approximate surface area is 524 Å². The second-order valence-electron chi connectivity index (χ2n) is 27.4. The van der Waals surface area contributed by atoms with Crippen LogP contribution in [0.25, 0.3) is 0 Å². The number of unbranched alkanes of at least 4 members (excludes halogenated alkanes) is 58. The Kier molecular flexibility index (Phi) is 65.6. The number of hydrogen-bond acceptors (Lipinski definition) is 8. The van der Waals surface area contributed by atoms with Crippen LogP contribution in [0.15, 0.2) is 0 Å². The summed E-state index contributed by atoms with van der Waals surface area (Å²) in [4.78, 5) is 38.0. The number of ether oxygens (including phenoxy) is 2. The molecule has 0 saturated carbocycles. The molecule has 2 atom stereocenters. The highest BCUT2D eigenvalue weighted by Gasteiger charge is 2.22. The van der Waals surface area contributed by atoms with Crippen LogP contribution in [0.5, 0.6) is 0 Å². The van der Waals surface area contributed by atoms with E-state index < -0.39 is 26.5 Å². The van der Waals surface area contributed by atoms with E-state index in [1.807, 2.05) is 21.1 Å². The third-order valence-corrected chi connectivity index (χ3v) is 18.6. The number of nitrogens with zero attached hydrogens (tertiary/aromatic N) is 1. The predicted octanol–water partition coefficient (Wildman–Crippen LogP) is 23.9. The summed E-state index contributed by atoms with van der Waals surface area (Å²) in [5.41, 5.74) is 0. The summed E-state index contributed by atoms with van der Waals surface area (Å²) < 4.78 is 34.3. The molecule has 10 heteroatoms. The fourth-order valence-corrected chi connectivity index (χ4v) is 12.6. The Hall–Kier alpha value is -0.990. The zero-order chi connectivity index (χ0) is 61.2. The van der Waals surface area contributed by atoms with Gasteiger partial charge in [-0.2, -0.15) is 0 Å². The van der Waals surface area contributed by atoms with Crippen molar-refractivity contribution >= 4 is 19.8 Å².